The Hall–Kier alpha value is -3.05. The molecule has 0 aliphatic carbocycles. The molecular weight excluding hydrogens is 370 g/mol. The second-order valence-electron chi connectivity index (χ2n) is 6.65. The minimum absolute atomic E-state index is 0.115. The molecule has 27 heavy (non-hydrogen) atoms. The molecule has 0 N–H and O–H groups in total. The SMILES string of the molecule is COC(=O)c1cc(Oc2ccc(S(=O)(=O)C#N)cc2)c2c(c1)OC(C)(C)C2. The largest absolute Gasteiger partial charge is 0.487 e. The highest BCUT2D eigenvalue weighted by Crippen LogP contribution is 2.43. The summed E-state index contributed by atoms with van der Waals surface area (Å²) < 4.78 is 39.7. The van der Waals surface area contributed by atoms with Crippen molar-refractivity contribution in [1.82, 2.24) is 0 Å². The third kappa shape index (κ3) is 3.73. The highest BCUT2D eigenvalue weighted by atomic mass is 32.2. The molecule has 0 bridgehead atoms. The van der Waals surface area contributed by atoms with Crippen molar-refractivity contribution < 1.29 is 27.4 Å². The zero-order chi connectivity index (χ0) is 19.8. The van der Waals surface area contributed by atoms with Gasteiger partial charge in [-0.2, -0.15) is 5.26 Å². The summed E-state index contributed by atoms with van der Waals surface area (Å²) in [4.78, 5) is 11.8. The molecule has 0 unspecified atom stereocenters. The predicted molar refractivity (Wildman–Crippen MR) is 95.5 cm³/mol. The molecule has 1 heterocycles. The molecule has 0 spiro atoms. The van der Waals surface area contributed by atoms with Gasteiger partial charge in [-0.25, -0.2) is 13.2 Å². The van der Waals surface area contributed by atoms with Crippen molar-refractivity contribution in [3.8, 4) is 22.6 Å². The average molecular weight is 387 g/mol. The number of ether oxygens (including phenoxy) is 3. The van der Waals surface area contributed by atoms with Crippen LogP contribution in [0.3, 0.4) is 0 Å². The molecule has 0 fully saturated rings. The van der Waals surface area contributed by atoms with Gasteiger partial charge < -0.3 is 14.2 Å². The van der Waals surface area contributed by atoms with Gasteiger partial charge >= 0.3 is 5.97 Å². The van der Waals surface area contributed by atoms with Crippen LogP contribution in [0.2, 0.25) is 0 Å². The highest BCUT2D eigenvalue weighted by molar-refractivity contribution is 7.95. The van der Waals surface area contributed by atoms with Gasteiger partial charge in [0.1, 0.15) is 22.8 Å². The van der Waals surface area contributed by atoms with Crippen LogP contribution in [0.15, 0.2) is 41.3 Å². The molecule has 0 aromatic heterocycles. The first kappa shape index (κ1) is 18.7. The van der Waals surface area contributed by atoms with Gasteiger partial charge in [0.05, 0.1) is 17.6 Å². The number of thiocyanates is 1. The number of fused-ring (bicyclic) bond motifs is 1. The van der Waals surface area contributed by atoms with E-state index in [1.54, 1.807) is 12.1 Å². The second-order valence-corrected chi connectivity index (χ2v) is 8.31. The number of carbonyl (C=O) groups is 1. The molecule has 2 aromatic rings. The summed E-state index contributed by atoms with van der Waals surface area (Å²) in [6.07, 6.45) is 0.583. The Morgan fingerprint density at radius 2 is 1.89 bits per heavy atom. The summed E-state index contributed by atoms with van der Waals surface area (Å²) in [5.74, 6) is 0.808. The standard InChI is InChI=1S/C19H17NO6S/c1-19(2)10-15-16(8-12(18(21)24-3)9-17(15)26-19)25-13-4-6-14(7-5-13)27(22,23)11-20/h4-9H,10H2,1-3H3. The van der Waals surface area contributed by atoms with Gasteiger partial charge in [0.2, 0.25) is 0 Å². The summed E-state index contributed by atoms with van der Waals surface area (Å²) in [6.45, 7) is 3.85. The van der Waals surface area contributed by atoms with Gasteiger partial charge in [-0.1, -0.05) is 0 Å². The van der Waals surface area contributed by atoms with E-state index < -0.39 is 21.4 Å². The Balaban J connectivity index is 1.99. The Morgan fingerprint density at radius 3 is 2.48 bits per heavy atom. The first-order chi connectivity index (χ1) is 12.6. The van der Waals surface area contributed by atoms with Crippen LogP contribution in [0.4, 0.5) is 0 Å². The van der Waals surface area contributed by atoms with Crippen molar-refractivity contribution in [2.75, 3.05) is 7.11 Å². The Morgan fingerprint density at radius 1 is 1.22 bits per heavy atom. The summed E-state index contributed by atoms with van der Waals surface area (Å²) in [6, 6.07) is 8.66. The van der Waals surface area contributed by atoms with Crippen LogP contribution in [0.1, 0.15) is 29.8 Å². The van der Waals surface area contributed by atoms with Crippen molar-refractivity contribution in [2.24, 2.45) is 0 Å². The topological polar surface area (TPSA) is 103 Å². The Kier molecular flexibility index (Phi) is 4.57. The fourth-order valence-electron chi connectivity index (χ4n) is 2.84. The van der Waals surface area contributed by atoms with E-state index in [9.17, 15) is 13.2 Å². The lowest BCUT2D eigenvalue weighted by molar-refractivity contribution is 0.0599. The summed E-state index contributed by atoms with van der Waals surface area (Å²) in [5.41, 5.74) is 0.647. The molecule has 1 aliphatic rings. The number of nitrogens with zero attached hydrogens (tertiary/aromatic N) is 1. The molecule has 1 aliphatic heterocycles. The molecule has 0 radical (unpaired) electrons. The number of benzene rings is 2. The van der Waals surface area contributed by atoms with Crippen molar-refractivity contribution in [2.45, 2.75) is 30.8 Å². The zero-order valence-electron chi connectivity index (χ0n) is 15.0. The van der Waals surface area contributed by atoms with Crippen LogP contribution < -0.4 is 9.47 Å². The van der Waals surface area contributed by atoms with Gasteiger partial charge in [-0.05, 0) is 50.2 Å². The maximum atomic E-state index is 11.9. The van der Waals surface area contributed by atoms with E-state index in [4.69, 9.17) is 19.5 Å². The Labute approximate surface area is 157 Å². The maximum absolute atomic E-state index is 11.9. The molecule has 140 valence electrons. The predicted octanol–water partition coefficient (Wildman–Crippen LogP) is 3.23. The van der Waals surface area contributed by atoms with E-state index >= 15 is 0 Å². The van der Waals surface area contributed by atoms with E-state index in [0.29, 0.717) is 23.7 Å². The quantitative estimate of drug-likeness (QED) is 0.451. The van der Waals surface area contributed by atoms with E-state index in [0.717, 1.165) is 5.56 Å². The number of carbonyl (C=O) groups excluding carboxylic acids is 1. The number of methoxy groups -OCH3 is 1. The number of hydrogen-bond donors (Lipinski definition) is 0. The minimum Gasteiger partial charge on any atom is -0.487 e. The third-order valence-electron chi connectivity index (χ3n) is 4.06. The zero-order valence-corrected chi connectivity index (χ0v) is 15.8. The van der Waals surface area contributed by atoms with E-state index in [-0.39, 0.29) is 10.5 Å². The normalized spacial score (nSPS) is 14.6. The second kappa shape index (κ2) is 6.59. The summed E-state index contributed by atoms with van der Waals surface area (Å²) in [7, 11) is -2.68. The van der Waals surface area contributed by atoms with Crippen molar-refractivity contribution >= 4 is 15.8 Å². The molecule has 0 atom stereocenters. The molecule has 0 saturated heterocycles. The maximum Gasteiger partial charge on any atom is 0.338 e. The first-order valence-corrected chi connectivity index (χ1v) is 9.51. The van der Waals surface area contributed by atoms with E-state index in [2.05, 4.69) is 0 Å². The number of esters is 1. The first-order valence-electron chi connectivity index (χ1n) is 8.03. The Bertz CT molecular complexity index is 1050. The van der Waals surface area contributed by atoms with E-state index in [1.165, 1.54) is 36.8 Å². The smallest absolute Gasteiger partial charge is 0.338 e. The van der Waals surface area contributed by atoms with Gasteiger partial charge in [0, 0.05) is 12.0 Å². The molecule has 0 saturated carbocycles. The van der Waals surface area contributed by atoms with Gasteiger partial charge in [-0.15, -0.1) is 0 Å². The fraction of sp³-hybridized carbons (Fsp3) is 0.263. The molecule has 3 rings (SSSR count). The molecule has 8 heteroatoms. The third-order valence-corrected chi connectivity index (χ3v) is 5.19. The summed E-state index contributed by atoms with van der Waals surface area (Å²) in [5, 5.41) is 9.95. The van der Waals surface area contributed by atoms with Crippen molar-refractivity contribution in [1.29, 1.82) is 5.26 Å². The lowest BCUT2D eigenvalue weighted by Gasteiger charge is -2.16. The van der Waals surface area contributed by atoms with Crippen LogP contribution in [0.25, 0.3) is 0 Å². The lowest BCUT2D eigenvalue weighted by atomic mass is 10.00. The molecular formula is C19H17NO6S. The van der Waals surface area contributed by atoms with Gasteiger partial charge in [-0.3, -0.25) is 0 Å². The fourth-order valence-corrected chi connectivity index (χ4v) is 3.44. The van der Waals surface area contributed by atoms with E-state index in [1.807, 2.05) is 13.8 Å². The summed E-state index contributed by atoms with van der Waals surface area (Å²) >= 11 is 0. The van der Waals surface area contributed by atoms with Crippen molar-refractivity contribution in [3.63, 3.8) is 0 Å². The lowest BCUT2D eigenvalue weighted by Crippen LogP contribution is -2.24. The van der Waals surface area contributed by atoms with Gasteiger partial charge in [0.25, 0.3) is 9.84 Å². The number of hydrogen-bond acceptors (Lipinski definition) is 7. The minimum atomic E-state index is -3.97. The van der Waals surface area contributed by atoms with Crippen LogP contribution in [0.5, 0.6) is 17.2 Å². The number of rotatable bonds is 4. The average Bonchev–Trinajstić information content (AvgIpc) is 2.95. The molecule has 2 aromatic carbocycles. The van der Waals surface area contributed by atoms with Crippen LogP contribution in [-0.2, 0) is 21.0 Å². The van der Waals surface area contributed by atoms with Crippen LogP contribution in [0, 0.1) is 10.7 Å². The van der Waals surface area contributed by atoms with Gasteiger partial charge in [0.15, 0.2) is 5.40 Å². The van der Waals surface area contributed by atoms with Crippen molar-refractivity contribution in [3.05, 3.63) is 47.5 Å². The van der Waals surface area contributed by atoms with Crippen LogP contribution in [-0.4, -0.2) is 27.1 Å². The number of sulfone groups is 1. The monoisotopic (exact) mass is 387 g/mol. The van der Waals surface area contributed by atoms with Crippen LogP contribution >= 0.6 is 0 Å². The molecule has 0 amide bonds. The highest BCUT2D eigenvalue weighted by Gasteiger charge is 2.34. The number of nitriles is 1. The molecule has 7 nitrogen and oxygen atoms in total.